The van der Waals surface area contributed by atoms with Crippen molar-refractivity contribution in [1.82, 2.24) is 9.80 Å². The summed E-state index contributed by atoms with van der Waals surface area (Å²) in [7, 11) is 1.83. The number of nitrogens with two attached hydrogens (primary N) is 1. The highest BCUT2D eigenvalue weighted by molar-refractivity contribution is 5.76. The molecule has 4 nitrogen and oxygen atoms in total. The summed E-state index contributed by atoms with van der Waals surface area (Å²) in [6.45, 7) is 7.20. The lowest BCUT2D eigenvalue weighted by Crippen LogP contribution is -2.40. The van der Waals surface area contributed by atoms with Crippen LogP contribution < -0.4 is 5.73 Å². The second-order valence-electron chi connectivity index (χ2n) is 4.49. The van der Waals surface area contributed by atoms with Crippen LogP contribution in [0.25, 0.3) is 0 Å². The van der Waals surface area contributed by atoms with Gasteiger partial charge in [0.25, 0.3) is 0 Å². The van der Waals surface area contributed by atoms with Crippen LogP contribution in [0.5, 0.6) is 0 Å². The molecular weight excluding hydrogens is 166 g/mol. The number of carbonyl (C=O) groups excluding carboxylic acids is 1. The predicted octanol–water partition coefficient (Wildman–Crippen LogP) is 0.339. The molecule has 1 heterocycles. The van der Waals surface area contributed by atoms with Gasteiger partial charge in [-0.25, -0.2) is 4.79 Å². The Morgan fingerprint density at radius 3 is 2.46 bits per heavy atom. The molecule has 0 aromatic heterocycles. The van der Waals surface area contributed by atoms with E-state index in [1.807, 2.05) is 11.9 Å². The number of hydrogen-bond acceptors (Lipinski definition) is 2. The summed E-state index contributed by atoms with van der Waals surface area (Å²) in [5, 5.41) is 0. The van der Waals surface area contributed by atoms with Crippen LogP contribution in [0, 0.1) is 5.41 Å². The molecule has 2 N–H and O–H groups in total. The number of hydrogen-bond donors (Lipinski definition) is 1. The average Bonchev–Trinajstić information content (AvgIpc) is 2.36. The van der Waals surface area contributed by atoms with Crippen molar-refractivity contribution in [3.63, 3.8) is 0 Å². The molecule has 1 rings (SSSR count). The Morgan fingerprint density at radius 2 is 2.08 bits per heavy atom. The van der Waals surface area contributed by atoms with Crippen LogP contribution in [-0.4, -0.2) is 49.1 Å². The highest BCUT2D eigenvalue weighted by Crippen LogP contribution is 2.17. The number of urea groups is 1. The van der Waals surface area contributed by atoms with Gasteiger partial charge in [-0.2, -0.15) is 0 Å². The minimum absolute atomic E-state index is 0.0286. The van der Waals surface area contributed by atoms with Crippen molar-refractivity contribution in [2.24, 2.45) is 11.1 Å². The minimum Gasteiger partial charge on any atom is -0.330 e. The molecule has 0 unspecified atom stereocenters. The third-order valence-electron chi connectivity index (χ3n) is 2.47. The van der Waals surface area contributed by atoms with E-state index in [2.05, 4.69) is 13.8 Å². The average molecular weight is 185 g/mol. The molecule has 0 aromatic rings. The molecule has 0 bridgehead atoms. The van der Waals surface area contributed by atoms with Crippen molar-refractivity contribution in [1.29, 1.82) is 0 Å². The Kier molecular flexibility index (Phi) is 2.81. The lowest BCUT2D eigenvalue weighted by atomic mass is 9.93. The molecule has 1 saturated heterocycles. The Hall–Kier alpha value is -0.770. The summed E-state index contributed by atoms with van der Waals surface area (Å²) in [6, 6.07) is 0.126. The first-order chi connectivity index (χ1) is 5.96. The molecule has 76 valence electrons. The fourth-order valence-electron chi connectivity index (χ4n) is 1.43. The maximum Gasteiger partial charge on any atom is 0.319 e. The van der Waals surface area contributed by atoms with Crippen LogP contribution in [0.4, 0.5) is 4.79 Å². The van der Waals surface area contributed by atoms with Crippen molar-refractivity contribution in [2.75, 3.05) is 33.2 Å². The second-order valence-corrected chi connectivity index (χ2v) is 4.49. The lowest BCUT2D eigenvalue weighted by Gasteiger charge is -2.28. The van der Waals surface area contributed by atoms with Gasteiger partial charge in [0.15, 0.2) is 0 Å². The normalized spacial score (nSPS) is 18.6. The molecular formula is C9H19N3O. The van der Waals surface area contributed by atoms with Crippen LogP contribution in [0.2, 0.25) is 0 Å². The van der Waals surface area contributed by atoms with E-state index in [4.69, 9.17) is 5.73 Å². The fraction of sp³-hybridized carbons (Fsp3) is 0.889. The standard InChI is InChI=1S/C9H19N3O/c1-9(2,6-10)7-12-5-4-11(3)8(12)13/h4-7,10H2,1-3H3. The van der Waals surface area contributed by atoms with Crippen LogP contribution >= 0.6 is 0 Å². The van der Waals surface area contributed by atoms with Gasteiger partial charge in [0.2, 0.25) is 0 Å². The summed E-state index contributed by atoms with van der Waals surface area (Å²) in [5.41, 5.74) is 5.64. The lowest BCUT2D eigenvalue weighted by molar-refractivity contribution is 0.178. The van der Waals surface area contributed by atoms with E-state index in [0.29, 0.717) is 6.54 Å². The molecule has 0 spiro atoms. The van der Waals surface area contributed by atoms with Crippen molar-refractivity contribution in [3.05, 3.63) is 0 Å². The zero-order valence-corrected chi connectivity index (χ0v) is 8.71. The van der Waals surface area contributed by atoms with E-state index in [0.717, 1.165) is 19.6 Å². The SMILES string of the molecule is CN1CCN(CC(C)(C)CN)C1=O. The van der Waals surface area contributed by atoms with Gasteiger partial charge in [-0.3, -0.25) is 0 Å². The van der Waals surface area contributed by atoms with Crippen LogP contribution in [0.1, 0.15) is 13.8 Å². The molecule has 0 atom stereocenters. The fourth-order valence-corrected chi connectivity index (χ4v) is 1.43. The first-order valence-electron chi connectivity index (χ1n) is 4.66. The summed E-state index contributed by atoms with van der Waals surface area (Å²) >= 11 is 0. The first-order valence-corrected chi connectivity index (χ1v) is 4.66. The number of carbonyl (C=O) groups is 1. The molecule has 1 aliphatic rings. The number of nitrogens with zero attached hydrogens (tertiary/aromatic N) is 2. The van der Waals surface area contributed by atoms with Gasteiger partial charge >= 0.3 is 6.03 Å². The van der Waals surface area contributed by atoms with E-state index in [-0.39, 0.29) is 11.4 Å². The van der Waals surface area contributed by atoms with Crippen molar-refractivity contribution in [3.8, 4) is 0 Å². The van der Waals surface area contributed by atoms with Crippen molar-refractivity contribution < 1.29 is 4.79 Å². The zero-order chi connectivity index (χ0) is 10.1. The Morgan fingerprint density at radius 1 is 1.46 bits per heavy atom. The molecule has 0 aliphatic carbocycles. The monoisotopic (exact) mass is 185 g/mol. The minimum atomic E-state index is 0.0286. The van der Waals surface area contributed by atoms with Gasteiger partial charge in [-0.1, -0.05) is 13.8 Å². The van der Waals surface area contributed by atoms with Crippen LogP contribution in [0.15, 0.2) is 0 Å². The smallest absolute Gasteiger partial charge is 0.319 e. The van der Waals surface area contributed by atoms with Gasteiger partial charge in [0.05, 0.1) is 0 Å². The van der Waals surface area contributed by atoms with Gasteiger partial charge in [-0.05, 0) is 12.0 Å². The molecule has 13 heavy (non-hydrogen) atoms. The van der Waals surface area contributed by atoms with Crippen molar-refractivity contribution >= 4 is 6.03 Å². The quantitative estimate of drug-likeness (QED) is 0.689. The summed E-state index contributed by atoms with van der Waals surface area (Å²) in [5.74, 6) is 0. The van der Waals surface area contributed by atoms with Crippen LogP contribution in [-0.2, 0) is 0 Å². The maximum atomic E-state index is 11.5. The van der Waals surface area contributed by atoms with Crippen LogP contribution in [0.3, 0.4) is 0 Å². The van der Waals surface area contributed by atoms with E-state index in [1.165, 1.54) is 0 Å². The van der Waals surface area contributed by atoms with E-state index < -0.39 is 0 Å². The summed E-state index contributed by atoms with van der Waals surface area (Å²) in [6.07, 6.45) is 0. The largest absolute Gasteiger partial charge is 0.330 e. The third-order valence-corrected chi connectivity index (χ3v) is 2.47. The highest BCUT2D eigenvalue weighted by Gasteiger charge is 2.29. The number of likely N-dealkylation sites (N-methyl/N-ethyl adjacent to an activating group) is 1. The predicted molar refractivity (Wildman–Crippen MR) is 52.4 cm³/mol. The summed E-state index contributed by atoms with van der Waals surface area (Å²) in [4.78, 5) is 15.1. The Bertz CT molecular complexity index is 203. The first kappa shape index (κ1) is 10.3. The highest BCUT2D eigenvalue weighted by atomic mass is 16.2. The van der Waals surface area contributed by atoms with E-state index >= 15 is 0 Å². The third kappa shape index (κ3) is 2.34. The van der Waals surface area contributed by atoms with Gasteiger partial charge in [-0.15, -0.1) is 0 Å². The second kappa shape index (κ2) is 3.54. The van der Waals surface area contributed by atoms with Gasteiger partial charge in [0.1, 0.15) is 0 Å². The maximum absolute atomic E-state index is 11.5. The topological polar surface area (TPSA) is 49.6 Å². The molecule has 1 aliphatic heterocycles. The van der Waals surface area contributed by atoms with Gasteiger partial charge in [0, 0.05) is 26.7 Å². The molecule has 0 saturated carbocycles. The molecule has 2 amide bonds. The summed E-state index contributed by atoms with van der Waals surface area (Å²) < 4.78 is 0. The van der Waals surface area contributed by atoms with E-state index in [9.17, 15) is 4.79 Å². The molecule has 0 radical (unpaired) electrons. The molecule has 4 heteroatoms. The van der Waals surface area contributed by atoms with Crippen molar-refractivity contribution in [2.45, 2.75) is 13.8 Å². The number of rotatable bonds is 3. The number of amides is 2. The van der Waals surface area contributed by atoms with E-state index in [1.54, 1.807) is 4.90 Å². The van der Waals surface area contributed by atoms with Gasteiger partial charge < -0.3 is 15.5 Å². The molecule has 1 fully saturated rings. The molecule has 0 aromatic carbocycles. The Balaban J connectivity index is 2.51. The Labute approximate surface area is 79.7 Å². The zero-order valence-electron chi connectivity index (χ0n) is 8.71.